The van der Waals surface area contributed by atoms with Crippen molar-refractivity contribution < 1.29 is 13.9 Å². The number of amides is 1. The highest BCUT2D eigenvalue weighted by molar-refractivity contribution is 8.00. The van der Waals surface area contributed by atoms with Crippen LogP contribution in [0.15, 0.2) is 65.1 Å². The fourth-order valence-electron chi connectivity index (χ4n) is 2.68. The molecule has 3 N–H and O–H groups in total. The molecule has 1 amide bonds. The van der Waals surface area contributed by atoms with Crippen LogP contribution in [0.1, 0.15) is 12.7 Å². The molecule has 4 aromatic rings. The monoisotopic (exact) mass is 470 g/mol. The number of thioether (sulfide) groups is 1. The number of hydrogen-bond donors (Lipinski definition) is 2. The number of hydrogen-bond acceptors (Lipinski definition) is 8. The highest BCUT2D eigenvalue weighted by Crippen LogP contribution is 2.27. The van der Waals surface area contributed by atoms with Crippen LogP contribution in [0.25, 0.3) is 11.3 Å². The molecule has 8 nitrogen and oxygen atoms in total. The van der Waals surface area contributed by atoms with Gasteiger partial charge in [0.25, 0.3) is 0 Å². The van der Waals surface area contributed by atoms with E-state index in [1.807, 2.05) is 35.7 Å². The van der Waals surface area contributed by atoms with Gasteiger partial charge in [-0.1, -0.05) is 54.2 Å². The second-order valence-electron chi connectivity index (χ2n) is 6.64. The van der Waals surface area contributed by atoms with Gasteiger partial charge in [-0.05, 0) is 19.1 Å². The molecular formula is C21H19FN6O2S2. The van der Waals surface area contributed by atoms with Crippen LogP contribution in [0, 0.1) is 5.82 Å². The van der Waals surface area contributed by atoms with Crippen molar-refractivity contribution in [1.82, 2.24) is 19.9 Å². The summed E-state index contributed by atoms with van der Waals surface area (Å²) in [5.74, 6) is 5.71. The minimum atomic E-state index is -0.508. The molecule has 0 saturated heterocycles. The van der Waals surface area contributed by atoms with Gasteiger partial charge in [0.1, 0.15) is 6.61 Å². The Bertz CT molecular complexity index is 1210. The van der Waals surface area contributed by atoms with E-state index >= 15 is 0 Å². The van der Waals surface area contributed by atoms with Gasteiger partial charge < -0.3 is 15.9 Å². The number of halogens is 1. The second-order valence-corrected chi connectivity index (χ2v) is 8.81. The number of aromatic nitrogens is 4. The third kappa shape index (κ3) is 5.06. The number of thiazole rings is 1. The molecule has 0 bridgehead atoms. The van der Waals surface area contributed by atoms with Crippen LogP contribution in [0.3, 0.4) is 0 Å². The lowest BCUT2D eigenvalue weighted by atomic mass is 10.2. The van der Waals surface area contributed by atoms with Crippen LogP contribution in [0.2, 0.25) is 0 Å². The van der Waals surface area contributed by atoms with Gasteiger partial charge in [0.15, 0.2) is 22.5 Å². The quantitative estimate of drug-likeness (QED) is 0.296. The summed E-state index contributed by atoms with van der Waals surface area (Å²) in [6, 6.07) is 15.8. The third-order valence-corrected chi connectivity index (χ3v) is 6.20. The van der Waals surface area contributed by atoms with Crippen molar-refractivity contribution in [3.63, 3.8) is 0 Å². The van der Waals surface area contributed by atoms with Gasteiger partial charge in [0.2, 0.25) is 11.1 Å². The average molecular weight is 471 g/mol. The molecule has 2 aromatic carbocycles. The molecule has 1 atom stereocenters. The van der Waals surface area contributed by atoms with Gasteiger partial charge >= 0.3 is 0 Å². The summed E-state index contributed by atoms with van der Waals surface area (Å²) in [7, 11) is 0. The van der Waals surface area contributed by atoms with Crippen LogP contribution in [-0.4, -0.2) is 31.0 Å². The molecule has 0 aliphatic rings. The number of nitrogens with one attached hydrogen (secondary N) is 1. The Morgan fingerprint density at radius 2 is 1.97 bits per heavy atom. The van der Waals surface area contributed by atoms with Gasteiger partial charge in [-0.15, -0.1) is 21.5 Å². The van der Waals surface area contributed by atoms with Crippen LogP contribution in [0.4, 0.5) is 9.52 Å². The zero-order valence-corrected chi connectivity index (χ0v) is 18.6. The molecule has 0 aliphatic heterocycles. The predicted octanol–water partition coefficient (Wildman–Crippen LogP) is 3.95. The van der Waals surface area contributed by atoms with E-state index in [0.717, 1.165) is 23.0 Å². The predicted molar refractivity (Wildman–Crippen MR) is 122 cm³/mol. The summed E-state index contributed by atoms with van der Waals surface area (Å²) in [5.41, 5.74) is 1.78. The van der Waals surface area contributed by atoms with E-state index < -0.39 is 11.1 Å². The third-order valence-electron chi connectivity index (χ3n) is 4.38. The van der Waals surface area contributed by atoms with E-state index in [1.165, 1.54) is 28.1 Å². The molecular weight excluding hydrogens is 451 g/mol. The number of rotatable bonds is 8. The summed E-state index contributed by atoms with van der Waals surface area (Å²) in [6.07, 6.45) is 0. The smallest absolute Gasteiger partial charge is 0.239 e. The maximum Gasteiger partial charge on any atom is 0.239 e. The van der Waals surface area contributed by atoms with E-state index in [9.17, 15) is 9.18 Å². The van der Waals surface area contributed by atoms with Gasteiger partial charge in [-0.3, -0.25) is 4.79 Å². The van der Waals surface area contributed by atoms with Crippen molar-refractivity contribution in [1.29, 1.82) is 0 Å². The lowest BCUT2D eigenvalue weighted by molar-refractivity contribution is -0.115. The average Bonchev–Trinajstić information content (AvgIpc) is 3.41. The zero-order valence-electron chi connectivity index (χ0n) is 16.9. The molecule has 0 aliphatic carbocycles. The van der Waals surface area contributed by atoms with Gasteiger partial charge in [-0.2, -0.15) is 0 Å². The lowest BCUT2D eigenvalue weighted by Gasteiger charge is -2.10. The largest absolute Gasteiger partial charge is 0.482 e. The van der Waals surface area contributed by atoms with E-state index in [0.29, 0.717) is 16.1 Å². The topological polar surface area (TPSA) is 108 Å². The number of nitrogens with zero attached hydrogens (tertiary/aromatic N) is 4. The molecule has 4 rings (SSSR count). The molecule has 11 heteroatoms. The molecule has 0 radical (unpaired) electrons. The van der Waals surface area contributed by atoms with Crippen molar-refractivity contribution in [3.05, 3.63) is 71.6 Å². The fraction of sp³-hybridized carbons (Fsp3) is 0.143. The van der Waals surface area contributed by atoms with Crippen molar-refractivity contribution in [2.75, 3.05) is 11.2 Å². The summed E-state index contributed by atoms with van der Waals surface area (Å²) in [5, 5.41) is 13.0. The normalized spacial score (nSPS) is 11.8. The highest BCUT2D eigenvalue weighted by atomic mass is 32.2. The minimum absolute atomic E-state index is 0.0626. The number of nitrogens with two attached hydrogens (primary N) is 1. The summed E-state index contributed by atoms with van der Waals surface area (Å²) < 4.78 is 20.3. The van der Waals surface area contributed by atoms with Crippen molar-refractivity contribution in [2.45, 2.75) is 23.9 Å². The highest BCUT2D eigenvalue weighted by Gasteiger charge is 2.21. The van der Waals surface area contributed by atoms with Crippen LogP contribution < -0.4 is 15.9 Å². The van der Waals surface area contributed by atoms with E-state index in [2.05, 4.69) is 20.5 Å². The Hall–Kier alpha value is -3.44. The number of para-hydroxylation sites is 1. The molecule has 32 heavy (non-hydrogen) atoms. The van der Waals surface area contributed by atoms with Gasteiger partial charge in [0, 0.05) is 10.9 Å². The first-order valence-electron chi connectivity index (χ1n) is 9.56. The van der Waals surface area contributed by atoms with E-state index in [1.54, 1.807) is 19.1 Å². The van der Waals surface area contributed by atoms with Gasteiger partial charge in [-0.25, -0.2) is 14.1 Å². The van der Waals surface area contributed by atoms with Crippen molar-refractivity contribution in [2.24, 2.45) is 0 Å². The van der Waals surface area contributed by atoms with Crippen molar-refractivity contribution >= 4 is 34.1 Å². The van der Waals surface area contributed by atoms with Gasteiger partial charge in [0.05, 0.1) is 10.9 Å². The molecule has 2 heterocycles. The van der Waals surface area contributed by atoms with E-state index in [-0.39, 0.29) is 18.3 Å². The Kier molecular flexibility index (Phi) is 6.66. The number of benzene rings is 2. The van der Waals surface area contributed by atoms with Crippen LogP contribution in [0.5, 0.6) is 5.75 Å². The Morgan fingerprint density at radius 3 is 2.75 bits per heavy atom. The molecule has 0 fully saturated rings. The number of ether oxygens (including phenoxy) is 1. The second kappa shape index (κ2) is 9.79. The maximum atomic E-state index is 13.7. The fourth-order valence-corrected chi connectivity index (χ4v) is 4.19. The number of nitrogen functional groups attached to an aromatic ring is 1. The first kappa shape index (κ1) is 21.8. The Balaban J connectivity index is 1.34. The SMILES string of the molecule is C[C@H](Sc1nnc(COc2ccccc2F)n1N)C(=O)Nc1nc(-c2ccccc2)cs1. The molecule has 0 unspecified atom stereocenters. The number of carbonyl (C=O) groups is 1. The zero-order chi connectivity index (χ0) is 22.5. The number of anilines is 1. The lowest BCUT2D eigenvalue weighted by Crippen LogP contribution is -2.24. The molecule has 164 valence electrons. The summed E-state index contributed by atoms with van der Waals surface area (Å²) in [4.78, 5) is 17.1. The first-order valence-corrected chi connectivity index (χ1v) is 11.3. The molecule has 0 saturated carbocycles. The number of carbonyl (C=O) groups excluding carboxylic acids is 1. The van der Waals surface area contributed by atoms with Crippen LogP contribution in [-0.2, 0) is 11.4 Å². The Labute approximate surface area is 191 Å². The molecule has 0 spiro atoms. The maximum absolute atomic E-state index is 13.7. The summed E-state index contributed by atoms with van der Waals surface area (Å²) >= 11 is 2.50. The van der Waals surface area contributed by atoms with Crippen LogP contribution >= 0.6 is 23.1 Å². The standard InChI is InChI=1S/C21H19FN6O2S2/c1-13(19(29)25-20-24-16(12-31-20)14-7-3-2-4-8-14)32-21-27-26-18(28(21)23)11-30-17-10-6-5-9-15(17)22/h2-10,12-13H,11,23H2,1H3,(H,24,25,29)/t13-/m0/s1. The van der Waals surface area contributed by atoms with Crippen molar-refractivity contribution in [3.8, 4) is 17.0 Å². The molecule has 2 aromatic heterocycles. The first-order chi connectivity index (χ1) is 15.5. The van der Waals surface area contributed by atoms with E-state index in [4.69, 9.17) is 10.6 Å². The summed E-state index contributed by atoms with van der Waals surface area (Å²) in [6.45, 7) is 1.67. The Morgan fingerprint density at radius 1 is 1.22 bits per heavy atom. The minimum Gasteiger partial charge on any atom is -0.482 e.